The van der Waals surface area contributed by atoms with Crippen LogP contribution in [0.25, 0.3) is 0 Å². The number of rotatable bonds is 14. The minimum Gasteiger partial charge on any atom is -0.445 e. The van der Waals surface area contributed by atoms with Crippen molar-refractivity contribution < 1.29 is 29.0 Å². The average molecular weight is 625 g/mol. The van der Waals surface area contributed by atoms with Crippen LogP contribution in [0.2, 0.25) is 0 Å². The van der Waals surface area contributed by atoms with Gasteiger partial charge in [0.15, 0.2) is 0 Å². The first-order valence-corrected chi connectivity index (χ1v) is 15.5. The molecule has 2 aromatic rings. The summed E-state index contributed by atoms with van der Waals surface area (Å²) in [6.07, 6.45) is -1.67. The third-order valence-electron chi connectivity index (χ3n) is 7.28. The maximum absolute atomic E-state index is 13.5. The van der Waals surface area contributed by atoms with E-state index in [1.807, 2.05) is 102 Å². The Morgan fingerprint density at radius 2 is 1.36 bits per heavy atom. The molecule has 0 bridgehead atoms. The van der Waals surface area contributed by atoms with Crippen LogP contribution in [0.4, 0.5) is 4.79 Å². The number of amides is 4. The van der Waals surface area contributed by atoms with E-state index in [4.69, 9.17) is 4.74 Å². The summed E-state index contributed by atoms with van der Waals surface area (Å²) in [5.41, 5.74) is 0.763. The van der Waals surface area contributed by atoms with Gasteiger partial charge in [0.1, 0.15) is 12.6 Å². The Kier molecular flexibility index (Phi) is 14.0. The molecule has 45 heavy (non-hydrogen) atoms. The number of alkyl carbamates (subject to hydrolysis) is 1. The van der Waals surface area contributed by atoms with Gasteiger partial charge in [0.05, 0.1) is 18.1 Å². The highest BCUT2D eigenvalue weighted by Crippen LogP contribution is 2.29. The van der Waals surface area contributed by atoms with E-state index >= 15 is 0 Å². The first kappa shape index (κ1) is 37.3. The Morgan fingerprint density at radius 1 is 0.800 bits per heavy atom. The smallest absolute Gasteiger partial charge is 0.408 e. The second-order valence-corrected chi connectivity index (χ2v) is 14.0. The molecule has 0 fully saturated rings. The van der Waals surface area contributed by atoms with Crippen molar-refractivity contribution in [1.29, 1.82) is 0 Å². The lowest BCUT2D eigenvalue weighted by Gasteiger charge is -2.32. The number of carbonyl (C=O) groups is 4. The Labute approximate surface area is 268 Å². The van der Waals surface area contributed by atoms with Crippen LogP contribution in [0.5, 0.6) is 0 Å². The molecule has 0 heterocycles. The first-order chi connectivity index (χ1) is 21.0. The summed E-state index contributed by atoms with van der Waals surface area (Å²) >= 11 is 0. The molecule has 5 N–H and O–H groups in total. The molecule has 0 aliphatic rings. The number of benzene rings is 2. The zero-order chi connectivity index (χ0) is 33.8. The highest BCUT2D eigenvalue weighted by atomic mass is 16.5. The Bertz CT molecular complexity index is 1240. The lowest BCUT2D eigenvalue weighted by Crippen LogP contribution is -2.56. The summed E-state index contributed by atoms with van der Waals surface area (Å²) in [5, 5.41) is 22.5. The maximum Gasteiger partial charge on any atom is 0.408 e. The van der Waals surface area contributed by atoms with Gasteiger partial charge in [-0.2, -0.15) is 0 Å². The molecule has 2 rings (SSSR count). The molecule has 4 atom stereocenters. The van der Waals surface area contributed by atoms with Gasteiger partial charge < -0.3 is 31.1 Å². The zero-order valence-electron chi connectivity index (χ0n) is 28.0. The third kappa shape index (κ3) is 13.7. The van der Waals surface area contributed by atoms with Crippen LogP contribution in [-0.4, -0.2) is 59.2 Å². The number of ether oxygens (including phenoxy) is 1. The molecular weight excluding hydrogens is 572 g/mol. The molecule has 0 saturated carbocycles. The van der Waals surface area contributed by atoms with E-state index in [2.05, 4.69) is 21.3 Å². The van der Waals surface area contributed by atoms with Gasteiger partial charge in [0.2, 0.25) is 17.7 Å². The molecule has 0 spiro atoms. The summed E-state index contributed by atoms with van der Waals surface area (Å²) < 4.78 is 5.32. The van der Waals surface area contributed by atoms with Crippen LogP contribution in [-0.2, 0) is 32.1 Å². The number of hydrogen-bond acceptors (Lipinski definition) is 6. The molecule has 0 aliphatic carbocycles. The van der Waals surface area contributed by atoms with Crippen LogP contribution < -0.4 is 21.3 Å². The van der Waals surface area contributed by atoms with Crippen molar-refractivity contribution in [1.82, 2.24) is 21.3 Å². The van der Waals surface area contributed by atoms with Crippen molar-refractivity contribution in [3.63, 3.8) is 0 Å². The predicted octanol–water partition coefficient (Wildman–Crippen LogP) is 4.11. The van der Waals surface area contributed by atoms with Crippen molar-refractivity contribution in [3.05, 3.63) is 71.8 Å². The first-order valence-electron chi connectivity index (χ1n) is 15.5. The van der Waals surface area contributed by atoms with Gasteiger partial charge >= 0.3 is 6.09 Å². The van der Waals surface area contributed by atoms with Crippen molar-refractivity contribution in [2.75, 3.05) is 6.54 Å². The monoisotopic (exact) mass is 624 g/mol. The molecule has 10 nitrogen and oxygen atoms in total. The van der Waals surface area contributed by atoms with Gasteiger partial charge in [-0.1, -0.05) is 95.3 Å². The number of aliphatic hydroxyl groups excluding tert-OH is 1. The predicted molar refractivity (Wildman–Crippen MR) is 175 cm³/mol. The van der Waals surface area contributed by atoms with Crippen molar-refractivity contribution in [2.45, 2.75) is 98.6 Å². The van der Waals surface area contributed by atoms with E-state index in [1.165, 1.54) is 0 Å². The van der Waals surface area contributed by atoms with Gasteiger partial charge in [-0.3, -0.25) is 14.4 Å². The minimum absolute atomic E-state index is 0.0573. The van der Waals surface area contributed by atoms with Crippen LogP contribution in [0.3, 0.4) is 0 Å². The minimum atomic E-state index is -1.16. The fourth-order valence-corrected chi connectivity index (χ4v) is 4.72. The van der Waals surface area contributed by atoms with Crippen LogP contribution in [0.1, 0.15) is 72.9 Å². The lowest BCUT2D eigenvalue weighted by molar-refractivity contribution is -0.135. The van der Waals surface area contributed by atoms with Gasteiger partial charge in [0, 0.05) is 18.5 Å². The molecule has 0 saturated heterocycles. The zero-order valence-corrected chi connectivity index (χ0v) is 28.0. The van der Waals surface area contributed by atoms with Gasteiger partial charge in [-0.05, 0) is 49.7 Å². The van der Waals surface area contributed by atoms with E-state index < -0.39 is 47.1 Å². The standard InChI is InChI=1S/C35H52N4O6/c1-23(2)30(38-33(44)45-22-25-17-13-10-14-18-25)32(43)37-27(19-24-15-11-9-12-16-24)28(40)21-36-29(41)20-26(34(3,4)5)31(42)39-35(6,7)8/h9-18,23,26-28,30,40H,19-22H2,1-8H3,(H,36,41)(H,37,43)(H,38,44)(H,39,42)/t26-,27+,28-,30+/m1/s1. The topological polar surface area (TPSA) is 146 Å². The fraction of sp³-hybridized carbons (Fsp3) is 0.543. The highest BCUT2D eigenvalue weighted by molar-refractivity contribution is 5.87. The number of carbonyl (C=O) groups excluding carboxylic acids is 4. The van der Waals surface area contributed by atoms with E-state index in [9.17, 15) is 24.3 Å². The van der Waals surface area contributed by atoms with E-state index in [1.54, 1.807) is 13.8 Å². The lowest BCUT2D eigenvalue weighted by atomic mass is 9.77. The van der Waals surface area contributed by atoms with E-state index in [0.717, 1.165) is 11.1 Å². The Balaban J connectivity index is 2.10. The van der Waals surface area contributed by atoms with Gasteiger partial charge in [-0.15, -0.1) is 0 Å². The SMILES string of the molecule is CC(C)[C@H](NC(=O)OCc1ccccc1)C(=O)N[C@@H](Cc1ccccc1)[C@H](O)CNC(=O)C[C@H](C(=O)NC(C)(C)C)C(C)(C)C. The fourth-order valence-electron chi connectivity index (χ4n) is 4.72. The Morgan fingerprint density at radius 3 is 1.87 bits per heavy atom. The van der Waals surface area contributed by atoms with Gasteiger partial charge in [-0.25, -0.2) is 4.79 Å². The number of aliphatic hydroxyl groups is 1. The van der Waals surface area contributed by atoms with E-state index in [-0.39, 0.29) is 43.7 Å². The molecule has 2 aromatic carbocycles. The second kappa shape index (κ2) is 17.0. The molecule has 0 radical (unpaired) electrons. The largest absolute Gasteiger partial charge is 0.445 e. The van der Waals surface area contributed by atoms with Crippen LogP contribution >= 0.6 is 0 Å². The normalized spacial score (nSPS) is 14.4. The highest BCUT2D eigenvalue weighted by Gasteiger charge is 2.35. The molecule has 0 unspecified atom stereocenters. The summed E-state index contributed by atoms with van der Waals surface area (Å²) in [6.45, 7) is 14.9. The molecule has 10 heteroatoms. The molecule has 0 aromatic heterocycles. The quantitative estimate of drug-likeness (QED) is 0.214. The van der Waals surface area contributed by atoms with Crippen LogP contribution in [0, 0.1) is 17.3 Å². The summed E-state index contributed by atoms with van der Waals surface area (Å²) in [7, 11) is 0. The van der Waals surface area contributed by atoms with Crippen molar-refractivity contribution in [3.8, 4) is 0 Å². The molecule has 248 valence electrons. The Hall–Kier alpha value is -3.92. The molecule has 0 aliphatic heterocycles. The number of nitrogens with one attached hydrogen (secondary N) is 4. The van der Waals surface area contributed by atoms with Crippen molar-refractivity contribution >= 4 is 23.8 Å². The summed E-state index contributed by atoms with van der Waals surface area (Å²) in [4.78, 5) is 52.0. The molecular formula is C35H52N4O6. The van der Waals surface area contributed by atoms with Crippen molar-refractivity contribution in [2.24, 2.45) is 17.3 Å². The average Bonchev–Trinajstić information content (AvgIpc) is 2.95. The summed E-state index contributed by atoms with van der Waals surface area (Å²) in [6, 6.07) is 16.8. The molecule has 4 amide bonds. The summed E-state index contributed by atoms with van der Waals surface area (Å²) in [5.74, 6) is -1.95. The van der Waals surface area contributed by atoms with Gasteiger partial charge in [0.25, 0.3) is 0 Å². The maximum atomic E-state index is 13.5. The third-order valence-corrected chi connectivity index (χ3v) is 7.28. The van der Waals surface area contributed by atoms with E-state index in [0.29, 0.717) is 0 Å². The van der Waals surface area contributed by atoms with Crippen LogP contribution in [0.15, 0.2) is 60.7 Å². The number of hydrogen-bond donors (Lipinski definition) is 5. The second-order valence-electron chi connectivity index (χ2n) is 14.0.